The van der Waals surface area contributed by atoms with Gasteiger partial charge in [0.25, 0.3) is 0 Å². The molecular formula is C12H18N4O2. The minimum absolute atomic E-state index is 0.0251. The topological polar surface area (TPSA) is 83.1 Å². The second kappa shape index (κ2) is 7.26. The van der Waals surface area contributed by atoms with E-state index in [2.05, 4.69) is 20.9 Å². The number of amides is 3. The van der Waals surface area contributed by atoms with E-state index in [-0.39, 0.29) is 24.5 Å². The molecule has 1 atom stereocenters. The zero-order chi connectivity index (χ0) is 13.4. The number of carbonyl (C=O) groups is 2. The number of aromatic nitrogens is 1. The molecule has 18 heavy (non-hydrogen) atoms. The van der Waals surface area contributed by atoms with Crippen LogP contribution in [0, 0.1) is 0 Å². The highest BCUT2D eigenvalue weighted by Crippen LogP contribution is 2.09. The first kappa shape index (κ1) is 14.0. The molecule has 1 rings (SSSR count). The van der Waals surface area contributed by atoms with E-state index >= 15 is 0 Å². The summed E-state index contributed by atoms with van der Waals surface area (Å²) in [7, 11) is 0. The third-order valence-electron chi connectivity index (χ3n) is 2.34. The molecule has 1 aromatic rings. The van der Waals surface area contributed by atoms with Gasteiger partial charge in [-0.3, -0.25) is 9.78 Å². The third kappa shape index (κ3) is 4.82. The van der Waals surface area contributed by atoms with Crippen molar-refractivity contribution in [2.45, 2.75) is 19.9 Å². The van der Waals surface area contributed by atoms with Crippen molar-refractivity contribution in [2.24, 2.45) is 0 Å². The molecule has 0 spiro atoms. The Hall–Kier alpha value is -2.11. The number of hydrogen-bond acceptors (Lipinski definition) is 3. The average Bonchev–Trinajstić information content (AvgIpc) is 2.38. The highest BCUT2D eigenvalue weighted by Gasteiger charge is 2.09. The molecule has 6 heteroatoms. The maximum Gasteiger partial charge on any atom is 0.315 e. The molecule has 0 saturated carbocycles. The number of urea groups is 1. The second-order valence-electron chi connectivity index (χ2n) is 3.78. The summed E-state index contributed by atoms with van der Waals surface area (Å²) in [6.07, 6.45) is 3.33. The van der Waals surface area contributed by atoms with Crippen LogP contribution in [0.4, 0.5) is 4.79 Å². The average molecular weight is 250 g/mol. The summed E-state index contributed by atoms with van der Waals surface area (Å²) >= 11 is 0. The predicted octanol–water partition coefficient (Wildman–Crippen LogP) is 0.578. The molecular weight excluding hydrogens is 232 g/mol. The standard InChI is InChI=1S/C12H18N4O2/c1-3-14-11(17)8-15-12(18)16-9(2)10-4-6-13-7-5-10/h4-7,9H,3,8H2,1-2H3,(H,14,17)(H2,15,16,18). The van der Waals surface area contributed by atoms with E-state index in [9.17, 15) is 9.59 Å². The lowest BCUT2D eigenvalue weighted by molar-refractivity contribution is -0.119. The smallest absolute Gasteiger partial charge is 0.315 e. The molecule has 0 fully saturated rings. The molecule has 0 bridgehead atoms. The quantitative estimate of drug-likeness (QED) is 0.714. The molecule has 6 nitrogen and oxygen atoms in total. The van der Waals surface area contributed by atoms with Gasteiger partial charge in [-0.2, -0.15) is 0 Å². The van der Waals surface area contributed by atoms with Gasteiger partial charge in [-0.15, -0.1) is 0 Å². The van der Waals surface area contributed by atoms with E-state index in [1.807, 2.05) is 26.0 Å². The fourth-order valence-electron chi connectivity index (χ4n) is 1.40. The van der Waals surface area contributed by atoms with Crippen molar-refractivity contribution in [1.29, 1.82) is 0 Å². The number of nitrogens with one attached hydrogen (secondary N) is 3. The first-order valence-corrected chi connectivity index (χ1v) is 5.84. The van der Waals surface area contributed by atoms with Crippen LogP contribution in [-0.2, 0) is 4.79 Å². The van der Waals surface area contributed by atoms with Crippen molar-refractivity contribution in [3.63, 3.8) is 0 Å². The molecule has 1 heterocycles. The van der Waals surface area contributed by atoms with Crippen LogP contribution in [0.1, 0.15) is 25.5 Å². The molecule has 0 saturated heterocycles. The maximum atomic E-state index is 11.5. The molecule has 0 aliphatic heterocycles. The number of carbonyl (C=O) groups excluding carboxylic acids is 2. The highest BCUT2D eigenvalue weighted by molar-refractivity contribution is 5.83. The number of rotatable bonds is 5. The Morgan fingerprint density at radius 1 is 1.28 bits per heavy atom. The molecule has 3 amide bonds. The van der Waals surface area contributed by atoms with Crippen LogP contribution >= 0.6 is 0 Å². The summed E-state index contributed by atoms with van der Waals surface area (Å²) < 4.78 is 0. The fraction of sp³-hybridized carbons (Fsp3) is 0.417. The molecule has 0 aliphatic rings. The van der Waals surface area contributed by atoms with Gasteiger partial charge in [-0.1, -0.05) is 0 Å². The molecule has 3 N–H and O–H groups in total. The summed E-state index contributed by atoms with van der Waals surface area (Å²) in [4.78, 5) is 26.6. The lowest BCUT2D eigenvalue weighted by atomic mass is 10.1. The first-order chi connectivity index (χ1) is 8.63. The van der Waals surface area contributed by atoms with Crippen LogP contribution in [0.25, 0.3) is 0 Å². The maximum absolute atomic E-state index is 11.5. The summed E-state index contributed by atoms with van der Waals surface area (Å²) in [6.45, 7) is 4.21. The molecule has 0 aromatic carbocycles. The third-order valence-corrected chi connectivity index (χ3v) is 2.34. The van der Waals surface area contributed by atoms with Crippen LogP contribution < -0.4 is 16.0 Å². The molecule has 0 aliphatic carbocycles. The van der Waals surface area contributed by atoms with Crippen molar-refractivity contribution in [1.82, 2.24) is 20.9 Å². The van der Waals surface area contributed by atoms with Crippen LogP contribution in [-0.4, -0.2) is 30.0 Å². The van der Waals surface area contributed by atoms with E-state index in [1.165, 1.54) is 0 Å². The Kier molecular flexibility index (Phi) is 5.63. The lowest BCUT2D eigenvalue weighted by Crippen LogP contribution is -2.42. The Labute approximate surface area is 106 Å². The fourth-order valence-corrected chi connectivity index (χ4v) is 1.40. The van der Waals surface area contributed by atoms with Crippen LogP contribution in [0.2, 0.25) is 0 Å². The summed E-state index contributed by atoms with van der Waals surface area (Å²) in [5.74, 6) is -0.204. The summed E-state index contributed by atoms with van der Waals surface area (Å²) in [5, 5.41) is 7.82. The summed E-state index contributed by atoms with van der Waals surface area (Å²) in [5.41, 5.74) is 0.957. The Balaban J connectivity index is 2.34. The van der Waals surface area contributed by atoms with E-state index in [4.69, 9.17) is 0 Å². The molecule has 0 radical (unpaired) electrons. The van der Waals surface area contributed by atoms with Gasteiger partial charge in [-0.05, 0) is 31.5 Å². The summed E-state index contributed by atoms with van der Waals surface area (Å²) in [6, 6.07) is 3.15. The monoisotopic (exact) mass is 250 g/mol. The minimum atomic E-state index is -0.370. The van der Waals surface area contributed by atoms with Crippen molar-refractivity contribution < 1.29 is 9.59 Å². The van der Waals surface area contributed by atoms with Gasteiger partial charge in [0.2, 0.25) is 5.91 Å². The normalized spacial score (nSPS) is 11.4. The SMILES string of the molecule is CCNC(=O)CNC(=O)NC(C)c1ccncc1. The Bertz CT molecular complexity index is 394. The van der Waals surface area contributed by atoms with Gasteiger partial charge in [0.1, 0.15) is 0 Å². The van der Waals surface area contributed by atoms with Crippen LogP contribution in [0.3, 0.4) is 0 Å². The highest BCUT2D eigenvalue weighted by atomic mass is 16.2. The second-order valence-corrected chi connectivity index (χ2v) is 3.78. The molecule has 98 valence electrons. The van der Waals surface area contributed by atoms with Gasteiger partial charge in [0.05, 0.1) is 12.6 Å². The molecule has 1 unspecified atom stereocenters. The van der Waals surface area contributed by atoms with Gasteiger partial charge >= 0.3 is 6.03 Å². The lowest BCUT2D eigenvalue weighted by Gasteiger charge is -2.14. The number of likely N-dealkylation sites (N-methyl/N-ethyl adjacent to an activating group) is 1. The van der Waals surface area contributed by atoms with E-state index < -0.39 is 0 Å². The first-order valence-electron chi connectivity index (χ1n) is 5.84. The number of hydrogen-bond donors (Lipinski definition) is 3. The number of pyridine rings is 1. The van der Waals surface area contributed by atoms with E-state index in [1.54, 1.807) is 12.4 Å². The van der Waals surface area contributed by atoms with Gasteiger partial charge in [0.15, 0.2) is 0 Å². The van der Waals surface area contributed by atoms with Crippen LogP contribution in [0.15, 0.2) is 24.5 Å². The largest absolute Gasteiger partial charge is 0.355 e. The van der Waals surface area contributed by atoms with Crippen molar-refractivity contribution in [3.05, 3.63) is 30.1 Å². The van der Waals surface area contributed by atoms with Crippen molar-refractivity contribution in [3.8, 4) is 0 Å². The van der Waals surface area contributed by atoms with Gasteiger partial charge in [-0.25, -0.2) is 4.79 Å². The van der Waals surface area contributed by atoms with Crippen molar-refractivity contribution in [2.75, 3.05) is 13.1 Å². The minimum Gasteiger partial charge on any atom is -0.355 e. The van der Waals surface area contributed by atoms with E-state index in [0.29, 0.717) is 6.54 Å². The molecule has 1 aromatic heterocycles. The van der Waals surface area contributed by atoms with Crippen molar-refractivity contribution >= 4 is 11.9 Å². The van der Waals surface area contributed by atoms with E-state index in [0.717, 1.165) is 5.56 Å². The van der Waals surface area contributed by atoms with Crippen LogP contribution in [0.5, 0.6) is 0 Å². The Morgan fingerprint density at radius 3 is 2.56 bits per heavy atom. The zero-order valence-electron chi connectivity index (χ0n) is 10.6. The predicted molar refractivity (Wildman–Crippen MR) is 67.9 cm³/mol. The number of nitrogens with zero attached hydrogens (tertiary/aromatic N) is 1. The van der Waals surface area contributed by atoms with Gasteiger partial charge < -0.3 is 16.0 Å². The zero-order valence-corrected chi connectivity index (χ0v) is 10.6. The van der Waals surface area contributed by atoms with Gasteiger partial charge in [0, 0.05) is 18.9 Å². The Morgan fingerprint density at radius 2 is 1.94 bits per heavy atom.